The number of allylic oxidation sites excluding steroid dienone is 1. The lowest BCUT2D eigenvalue weighted by Gasteiger charge is -2.31. The molecule has 32 heavy (non-hydrogen) atoms. The average molecular weight is 518 g/mol. The van der Waals surface area contributed by atoms with Crippen molar-refractivity contribution in [2.45, 2.75) is 5.92 Å². The zero-order chi connectivity index (χ0) is 23.3. The van der Waals surface area contributed by atoms with Crippen molar-refractivity contribution in [3.63, 3.8) is 0 Å². The summed E-state index contributed by atoms with van der Waals surface area (Å²) in [6.07, 6.45) is 0. The van der Waals surface area contributed by atoms with Crippen molar-refractivity contribution in [2.24, 2.45) is 5.92 Å². The average Bonchev–Trinajstić information content (AvgIpc) is 2.78. The normalized spacial score (nSPS) is 17.9. The Hall–Kier alpha value is -3.16. The minimum Gasteiger partial charge on any atom is -0.468 e. The molecule has 0 aromatic heterocycles. The lowest BCUT2D eigenvalue weighted by atomic mass is 9.78. The molecule has 0 aliphatic carbocycles. The number of ether oxygens (including phenoxy) is 1. The van der Waals surface area contributed by atoms with Crippen molar-refractivity contribution in [2.75, 3.05) is 18.2 Å². The van der Waals surface area contributed by atoms with E-state index in [9.17, 15) is 24.0 Å². The number of esters is 1. The standard InChI is InChI=1S/C22H17BrFN3O4S/c1-31-22(30)19-18(12-3-2-4-13(23)9-12)16(10-25)21(27-20(19)29)32-11-17(28)26-15-7-5-14(24)6-8-15/h2-9,18-19H,11H2,1H3,(H,26,28)(H,27,29)/t18-,19-/m0/s1. The number of nitriles is 1. The first-order valence-corrected chi connectivity index (χ1v) is 11.1. The fourth-order valence-corrected chi connectivity index (χ4v) is 4.51. The van der Waals surface area contributed by atoms with Crippen LogP contribution in [0.5, 0.6) is 0 Å². The van der Waals surface area contributed by atoms with Crippen molar-refractivity contribution in [3.8, 4) is 6.07 Å². The molecule has 164 valence electrons. The van der Waals surface area contributed by atoms with E-state index >= 15 is 0 Å². The minimum absolute atomic E-state index is 0.119. The predicted molar refractivity (Wildman–Crippen MR) is 121 cm³/mol. The lowest BCUT2D eigenvalue weighted by molar-refractivity contribution is -0.150. The molecule has 7 nitrogen and oxygen atoms in total. The molecule has 0 saturated carbocycles. The van der Waals surface area contributed by atoms with Gasteiger partial charge < -0.3 is 15.4 Å². The van der Waals surface area contributed by atoms with Gasteiger partial charge in [-0.3, -0.25) is 14.4 Å². The molecule has 2 aromatic rings. The highest BCUT2D eigenvalue weighted by Crippen LogP contribution is 2.40. The molecule has 2 N–H and O–H groups in total. The van der Waals surface area contributed by atoms with Crippen LogP contribution in [-0.2, 0) is 19.1 Å². The van der Waals surface area contributed by atoms with E-state index in [1.807, 2.05) is 0 Å². The Labute approximate surface area is 196 Å². The summed E-state index contributed by atoms with van der Waals surface area (Å²) >= 11 is 4.33. The van der Waals surface area contributed by atoms with E-state index in [2.05, 4.69) is 32.6 Å². The van der Waals surface area contributed by atoms with Crippen molar-refractivity contribution in [1.82, 2.24) is 5.32 Å². The summed E-state index contributed by atoms with van der Waals surface area (Å²) in [6.45, 7) is 0. The monoisotopic (exact) mass is 517 g/mol. The van der Waals surface area contributed by atoms with E-state index in [4.69, 9.17) is 4.74 Å². The number of anilines is 1. The van der Waals surface area contributed by atoms with Crippen LogP contribution in [0.15, 0.2) is 63.6 Å². The van der Waals surface area contributed by atoms with Crippen molar-refractivity contribution in [3.05, 3.63) is 75.0 Å². The second-order valence-corrected chi connectivity index (χ2v) is 8.62. The fourth-order valence-electron chi connectivity index (χ4n) is 3.25. The summed E-state index contributed by atoms with van der Waals surface area (Å²) in [6, 6.07) is 14.3. The summed E-state index contributed by atoms with van der Waals surface area (Å²) in [5, 5.41) is 15.2. The van der Waals surface area contributed by atoms with Crippen LogP contribution < -0.4 is 10.6 Å². The van der Waals surface area contributed by atoms with E-state index in [-0.39, 0.29) is 16.4 Å². The Bertz CT molecular complexity index is 1130. The highest BCUT2D eigenvalue weighted by Gasteiger charge is 2.44. The van der Waals surface area contributed by atoms with Crippen LogP contribution in [0.1, 0.15) is 11.5 Å². The SMILES string of the molecule is COC(=O)[C@@H]1C(=O)NC(SCC(=O)Nc2ccc(F)cc2)=C(C#N)[C@@H]1c1cccc(Br)c1. The Balaban J connectivity index is 1.88. The first-order chi connectivity index (χ1) is 15.3. The maximum absolute atomic E-state index is 13.0. The molecule has 0 fully saturated rings. The number of hydrogen-bond donors (Lipinski definition) is 2. The largest absolute Gasteiger partial charge is 0.468 e. The quantitative estimate of drug-likeness (QED) is 0.446. The summed E-state index contributed by atoms with van der Waals surface area (Å²) in [7, 11) is 1.17. The van der Waals surface area contributed by atoms with Gasteiger partial charge in [-0.05, 0) is 42.0 Å². The molecular formula is C22H17BrFN3O4S. The minimum atomic E-state index is -1.25. The molecule has 1 aliphatic heterocycles. The molecule has 0 radical (unpaired) electrons. The number of nitrogens with zero attached hydrogens (tertiary/aromatic N) is 1. The first kappa shape index (κ1) is 23.5. The molecule has 0 spiro atoms. The van der Waals surface area contributed by atoms with Gasteiger partial charge in [0.05, 0.1) is 29.5 Å². The zero-order valence-corrected chi connectivity index (χ0v) is 19.1. The van der Waals surface area contributed by atoms with E-state index in [0.29, 0.717) is 11.3 Å². The molecule has 0 unspecified atom stereocenters. The second kappa shape index (κ2) is 10.4. The highest BCUT2D eigenvalue weighted by atomic mass is 79.9. The maximum Gasteiger partial charge on any atom is 0.319 e. The third-order valence-corrected chi connectivity index (χ3v) is 6.18. The van der Waals surface area contributed by atoms with Crippen LogP contribution >= 0.6 is 27.7 Å². The maximum atomic E-state index is 13.0. The lowest BCUT2D eigenvalue weighted by Crippen LogP contribution is -2.44. The Morgan fingerprint density at radius 1 is 1.28 bits per heavy atom. The number of nitrogens with one attached hydrogen (secondary N) is 2. The van der Waals surface area contributed by atoms with Gasteiger partial charge in [-0.1, -0.05) is 39.8 Å². The van der Waals surface area contributed by atoms with Gasteiger partial charge in [0.1, 0.15) is 11.7 Å². The topological polar surface area (TPSA) is 108 Å². The molecule has 1 aliphatic rings. The molecular weight excluding hydrogens is 501 g/mol. The molecule has 2 amide bonds. The van der Waals surface area contributed by atoms with E-state index < -0.39 is 35.4 Å². The van der Waals surface area contributed by atoms with Crippen LogP contribution in [0.2, 0.25) is 0 Å². The number of carbonyl (C=O) groups is 3. The number of thioether (sulfide) groups is 1. The van der Waals surface area contributed by atoms with E-state index in [1.165, 1.54) is 31.4 Å². The fraction of sp³-hybridized carbons (Fsp3) is 0.182. The smallest absolute Gasteiger partial charge is 0.319 e. The molecule has 0 bridgehead atoms. The molecule has 10 heteroatoms. The number of rotatable bonds is 6. The Morgan fingerprint density at radius 2 is 2.00 bits per heavy atom. The number of benzene rings is 2. The molecule has 2 aromatic carbocycles. The number of amides is 2. The van der Waals surface area contributed by atoms with Crippen LogP contribution in [0.4, 0.5) is 10.1 Å². The van der Waals surface area contributed by atoms with Crippen molar-refractivity contribution in [1.29, 1.82) is 5.26 Å². The van der Waals surface area contributed by atoms with Crippen molar-refractivity contribution < 1.29 is 23.5 Å². The summed E-state index contributed by atoms with van der Waals surface area (Å²) in [5.41, 5.74) is 1.14. The number of methoxy groups -OCH3 is 1. The highest BCUT2D eigenvalue weighted by molar-refractivity contribution is 9.10. The van der Waals surface area contributed by atoms with Gasteiger partial charge in [0.25, 0.3) is 0 Å². The molecule has 1 heterocycles. The Kier molecular flexibility index (Phi) is 7.66. The summed E-state index contributed by atoms with van der Waals surface area (Å²) in [5.74, 6) is -4.46. The van der Waals surface area contributed by atoms with Gasteiger partial charge in [0.15, 0.2) is 0 Å². The van der Waals surface area contributed by atoms with Gasteiger partial charge in [-0.25, -0.2) is 4.39 Å². The van der Waals surface area contributed by atoms with Crippen LogP contribution in [0.25, 0.3) is 0 Å². The van der Waals surface area contributed by atoms with Crippen LogP contribution in [-0.4, -0.2) is 30.6 Å². The molecule has 3 rings (SSSR count). The third kappa shape index (κ3) is 5.36. The van der Waals surface area contributed by atoms with Gasteiger partial charge in [-0.2, -0.15) is 5.26 Å². The second-order valence-electron chi connectivity index (χ2n) is 6.72. The zero-order valence-electron chi connectivity index (χ0n) is 16.7. The van der Waals surface area contributed by atoms with Crippen LogP contribution in [0, 0.1) is 23.1 Å². The number of carbonyl (C=O) groups excluding carboxylic acids is 3. The molecule has 0 saturated heterocycles. The third-order valence-electron chi connectivity index (χ3n) is 4.67. The van der Waals surface area contributed by atoms with Gasteiger partial charge in [0.2, 0.25) is 11.8 Å². The van der Waals surface area contributed by atoms with Crippen LogP contribution in [0.3, 0.4) is 0 Å². The van der Waals surface area contributed by atoms with E-state index in [0.717, 1.165) is 16.2 Å². The Morgan fingerprint density at radius 3 is 2.62 bits per heavy atom. The van der Waals surface area contributed by atoms with Gasteiger partial charge in [0, 0.05) is 16.1 Å². The van der Waals surface area contributed by atoms with Crippen molar-refractivity contribution >= 4 is 51.2 Å². The van der Waals surface area contributed by atoms with Gasteiger partial charge in [-0.15, -0.1) is 0 Å². The number of hydrogen-bond acceptors (Lipinski definition) is 6. The summed E-state index contributed by atoms with van der Waals surface area (Å²) in [4.78, 5) is 37.5. The van der Waals surface area contributed by atoms with E-state index in [1.54, 1.807) is 24.3 Å². The number of halogens is 2. The predicted octanol–water partition coefficient (Wildman–Crippen LogP) is 3.70. The first-order valence-electron chi connectivity index (χ1n) is 9.30. The van der Waals surface area contributed by atoms with Gasteiger partial charge >= 0.3 is 5.97 Å². The molecule has 2 atom stereocenters. The summed E-state index contributed by atoms with van der Waals surface area (Å²) < 4.78 is 18.5.